The molecule has 0 bridgehead atoms. The summed E-state index contributed by atoms with van der Waals surface area (Å²) in [7, 11) is 0. The minimum absolute atomic E-state index is 0.248. The predicted molar refractivity (Wildman–Crippen MR) is 61.5 cm³/mol. The van der Waals surface area contributed by atoms with Crippen LogP contribution in [0.25, 0.3) is 0 Å². The first-order chi connectivity index (χ1) is 8.11. The lowest BCUT2D eigenvalue weighted by Crippen LogP contribution is -2.11. The minimum Gasteiger partial charge on any atom is -0.481 e. The zero-order chi connectivity index (χ0) is 12.7. The van der Waals surface area contributed by atoms with Crippen LogP contribution in [-0.4, -0.2) is 22.2 Å². The Labute approximate surface area is 98.9 Å². The summed E-state index contributed by atoms with van der Waals surface area (Å²) in [5, 5.41) is 17.4. The van der Waals surface area contributed by atoms with E-state index in [0.29, 0.717) is 12.0 Å². The molecule has 0 saturated heterocycles. The number of benzene rings is 1. The Morgan fingerprint density at radius 2 is 1.82 bits per heavy atom. The van der Waals surface area contributed by atoms with Crippen molar-refractivity contribution in [2.45, 2.75) is 18.8 Å². The Morgan fingerprint density at radius 3 is 2.35 bits per heavy atom. The average molecular weight is 232 g/mol. The molecule has 0 fully saturated rings. The van der Waals surface area contributed by atoms with E-state index in [1.807, 2.05) is 12.0 Å². The highest BCUT2D eigenvalue weighted by atomic mass is 16.4. The molecule has 1 aromatic carbocycles. The summed E-state index contributed by atoms with van der Waals surface area (Å²) in [5.41, 5.74) is 0.706. The standard InChI is InChI=1S/C13H12O4/c14-12(15)9-5-4-8-11(13(16)17)10-6-2-1-3-7-10/h1-3,6-7,11H,4,8H2,(H,14,15)(H,16,17). The predicted octanol–water partition coefficient (Wildman–Crippen LogP) is 1.72. The van der Waals surface area contributed by atoms with Crippen molar-refractivity contribution in [2.24, 2.45) is 0 Å². The zero-order valence-electron chi connectivity index (χ0n) is 9.09. The molecular weight excluding hydrogens is 220 g/mol. The van der Waals surface area contributed by atoms with Crippen LogP contribution in [0.3, 0.4) is 0 Å². The Kier molecular flexibility index (Phi) is 4.77. The number of rotatable bonds is 4. The van der Waals surface area contributed by atoms with Gasteiger partial charge >= 0.3 is 11.9 Å². The van der Waals surface area contributed by atoms with E-state index in [9.17, 15) is 9.59 Å². The van der Waals surface area contributed by atoms with Gasteiger partial charge in [-0.3, -0.25) is 4.79 Å². The van der Waals surface area contributed by atoms with Gasteiger partial charge in [0.1, 0.15) is 0 Å². The van der Waals surface area contributed by atoms with E-state index < -0.39 is 17.9 Å². The van der Waals surface area contributed by atoms with Crippen LogP contribution in [0.15, 0.2) is 30.3 Å². The largest absolute Gasteiger partial charge is 0.481 e. The lowest BCUT2D eigenvalue weighted by atomic mass is 9.94. The van der Waals surface area contributed by atoms with Gasteiger partial charge in [-0.2, -0.15) is 0 Å². The first kappa shape index (κ1) is 12.8. The normalized spacial score (nSPS) is 11.1. The van der Waals surface area contributed by atoms with Gasteiger partial charge in [-0.1, -0.05) is 36.3 Å². The van der Waals surface area contributed by atoms with E-state index in [-0.39, 0.29) is 6.42 Å². The van der Waals surface area contributed by atoms with Gasteiger partial charge < -0.3 is 10.2 Å². The van der Waals surface area contributed by atoms with Crippen LogP contribution >= 0.6 is 0 Å². The quantitative estimate of drug-likeness (QED) is 0.775. The molecule has 4 heteroatoms. The summed E-state index contributed by atoms with van der Waals surface area (Å²) in [5.74, 6) is 1.63. The highest BCUT2D eigenvalue weighted by Gasteiger charge is 2.18. The number of carbonyl (C=O) groups is 2. The average Bonchev–Trinajstić information content (AvgIpc) is 2.29. The van der Waals surface area contributed by atoms with Crippen molar-refractivity contribution < 1.29 is 19.8 Å². The molecule has 1 aromatic rings. The molecule has 0 spiro atoms. The fourth-order valence-corrected chi connectivity index (χ4v) is 1.47. The Morgan fingerprint density at radius 1 is 1.18 bits per heavy atom. The van der Waals surface area contributed by atoms with Gasteiger partial charge in [-0.15, -0.1) is 0 Å². The highest BCUT2D eigenvalue weighted by molar-refractivity contribution is 5.86. The van der Waals surface area contributed by atoms with Gasteiger partial charge in [0, 0.05) is 12.3 Å². The molecule has 17 heavy (non-hydrogen) atoms. The second-order valence-electron chi connectivity index (χ2n) is 3.45. The maximum absolute atomic E-state index is 11.1. The summed E-state index contributed by atoms with van der Waals surface area (Å²) in [4.78, 5) is 21.2. The van der Waals surface area contributed by atoms with Crippen LogP contribution < -0.4 is 0 Å². The second kappa shape index (κ2) is 6.33. The Bertz CT molecular complexity index is 453. The molecule has 0 amide bonds. The molecule has 0 aliphatic carbocycles. The maximum atomic E-state index is 11.1. The molecule has 1 atom stereocenters. The third-order valence-electron chi connectivity index (χ3n) is 2.25. The molecule has 1 unspecified atom stereocenters. The number of carboxylic acids is 2. The lowest BCUT2D eigenvalue weighted by Gasteiger charge is -2.10. The van der Waals surface area contributed by atoms with Crippen molar-refractivity contribution >= 4 is 11.9 Å². The number of aliphatic carboxylic acids is 2. The fraction of sp³-hybridized carbons (Fsp3) is 0.231. The van der Waals surface area contributed by atoms with E-state index in [0.717, 1.165) is 0 Å². The van der Waals surface area contributed by atoms with Gasteiger partial charge in [-0.05, 0) is 12.0 Å². The maximum Gasteiger partial charge on any atom is 0.381 e. The van der Waals surface area contributed by atoms with E-state index in [1.54, 1.807) is 24.3 Å². The van der Waals surface area contributed by atoms with Crippen molar-refractivity contribution in [3.05, 3.63) is 35.9 Å². The van der Waals surface area contributed by atoms with E-state index >= 15 is 0 Å². The molecule has 2 N–H and O–H groups in total. The number of carboxylic acid groups (broad SMARTS) is 2. The molecule has 0 heterocycles. The molecular formula is C13H12O4. The van der Waals surface area contributed by atoms with Crippen molar-refractivity contribution in [2.75, 3.05) is 0 Å². The summed E-state index contributed by atoms with van der Waals surface area (Å²) >= 11 is 0. The fourth-order valence-electron chi connectivity index (χ4n) is 1.47. The van der Waals surface area contributed by atoms with Crippen molar-refractivity contribution in [1.82, 2.24) is 0 Å². The molecule has 0 saturated carbocycles. The monoisotopic (exact) mass is 232 g/mol. The summed E-state index contributed by atoms with van der Waals surface area (Å²) in [6, 6.07) is 8.84. The van der Waals surface area contributed by atoms with Crippen molar-refractivity contribution in [1.29, 1.82) is 0 Å². The van der Waals surface area contributed by atoms with Gasteiger partial charge in [0.2, 0.25) is 0 Å². The Balaban J connectivity index is 2.67. The first-order valence-electron chi connectivity index (χ1n) is 5.11. The van der Waals surface area contributed by atoms with Crippen LogP contribution in [0.1, 0.15) is 24.3 Å². The molecule has 4 nitrogen and oxygen atoms in total. The molecule has 0 aliphatic rings. The molecule has 0 aliphatic heterocycles. The van der Waals surface area contributed by atoms with Crippen LogP contribution in [-0.2, 0) is 9.59 Å². The van der Waals surface area contributed by atoms with E-state index in [4.69, 9.17) is 10.2 Å². The van der Waals surface area contributed by atoms with Crippen LogP contribution in [0.4, 0.5) is 0 Å². The lowest BCUT2D eigenvalue weighted by molar-refractivity contribution is -0.139. The van der Waals surface area contributed by atoms with Gasteiger partial charge in [-0.25, -0.2) is 4.79 Å². The van der Waals surface area contributed by atoms with E-state index in [1.165, 1.54) is 0 Å². The number of hydrogen-bond donors (Lipinski definition) is 2. The topological polar surface area (TPSA) is 74.6 Å². The smallest absolute Gasteiger partial charge is 0.381 e. The van der Waals surface area contributed by atoms with Gasteiger partial charge in [0.15, 0.2) is 0 Å². The molecule has 1 rings (SSSR count). The van der Waals surface area contributed by atoms with Crippen LogP contribution in [0.5, 0.6) is 0 Å². The molecule has 0 radical (unpaired) electrons. The van der Waals surface area contributed by atoms with Crippen LogP contribution in [0.2, 0.25) is 0 Å². The van der Waals surface area contributed by atoms with Gasteiger partial charge in [0.25, 0.3) is 0 Å². The molecule has 0 aromatic heterocycles. The summed E-state index contributed by atoms with van der Waals surface area (Å²) in [6.07, 6.45) is 0.553. The molecule has 88 valence electrons. The summed E-state index contributed by atoms with van der Waals surface area (Å²) < 4.78 is 0. The summed E-state index contributed by atoms with van der Waals surface area (Å²) in [6.45, 7) is 0. The number of hydrogen-bond acceptors (Lipinski definition) is 2. The third kappa shape index (κ3) is 4.39. The van der Waals surface area contributed by atoms with Crippen LogP contribution in [0, 0.1) is 11.8 Å². The van der Waals surface area contributed by atoms with Crippen molar-refractivity contribution in [3.63, 3.8) is 0 Å². The SMILES string of the molecule is O=C(O)C#CCCC(C(=O)O)c1ccccc1. The van der Waals surface area contributed by atoms with E-state index in [2.05, 4.69) is 5.92 Å². The van der Waals surface area contributed by atoms with Gasteiger partial charge in [0.05, 0.1) is 5.92 Å². The highest BCUT2D eigenvalue weighted by Crippen LogP contribution is 2.20. The van der Waals surface area contributed by atoms with Crippen molar-refractivity contribution in [3.8, 4) is 11.8 Å². The zero-order valence-corrected chi connectivity index (χ0v) is 9.09. The Hall–Kier alpha value is -2.28. The third-order valence-corrected chi connectivity index (χ3v) is 2.25. The second-order valence-corrected chi connectivity index (χ2v) is 3.45. The first-order valence-corrected chi connectivity index (χ1v) is 5.11. The minimum atomic E-state index is -1.20.